The van der Waals surface area contributed by atoms with E-state index in [1.807, 2.05) is 74.1 Å². The van der Waals surface area contributed by atoms with Gasteiger partial charge in [-0.05, 0) is 35.9 Å². The van der Waals surface area contributed by atoms with Crippen LogP contribution >= 0.6 is 0 Å². The van der Waals surface area contributed by atoms with Crippen LogP contribution in [0.5, 0.6) is 0 Å². The van der Waals surface area contributed by atoms with Crippen LogP contribution in [0.4, 0.5) is 24.5 Å². The summed E-state index contributed by atoms with van der Waals surface area (Å²) in [6.07, 6.45) is -5.19. The highest BCUT2D eigenvalue weighted by molar-refractivity contribution is 6.02. The lowest BCUT2D eigenvalue weighted by molar-refractivity contribution is -0.384. The average molecular weight is 501 g/mol. The Hall–Kier alpha value is -4.41. The van der Waals surface area contributed by atoms with Gasteiger partial charge in [0.1, 0.15) is 31.4 Å². The number of nitro groups is 1. The number of rotatable bonds is 3. The molecule has 0 spiro atoms. The molecule has 1 heterocycles. The maximum atomic E-state index is 11.1. The maximum Gasteiger partial charge on any atom is 0.430 e. The molecule has 188 valence electrons. The number of halogens is 3. The molecule has 1 aliphatic heterocycles. The Labute approximate surface area is 203 Å². The largest absolute Gasteiger partial charge is 0.542 e. The number of alkyl halides is 3. The van der Waals surface area contributed by atoms with Crippen LogP contribution in [-0.2, 0) is 4.79 Å². The monoisotopic (exact) mass is 501 g/mol. The second kappa shape index (κ2) is 10.1. The molecule has 4 rings (SSSR count). The van der Waals surface area contributed by atoms with Gasteiger partial charge < -0.3 is 19.2 Å². The summed E-state index contributed by atoms with van der Waals surface area (Å²) in [5, 5.41) is 21.8. The van der Waals surface area contributed by atoms with Crippen molar-refractivity contribution in [3.8, 4) is 22.5 Å². The molecule has 0 N–H and O–H groups in total. The second-order valence-electron chi connectivity index (χ2n) is 8.22. The van der Waals surface area contributed by atoms with Gasteiger partial charge in [0.05, 0.1) is 11.0 Å². The number of anilines is 1. The van der Waals surface area contributed by atoms with Crippen molar-refractivity contribution in [3.63, 3.8) is 0 Å². The van der Waals surface area contributed by atoms with Gasteiger partial charge in [-0.2, -0.15) is 13.2 Å². The number of nitro benzene ring substituents is 1. The average Bonchev–Trinajstić information content (AvgIpc) is 2.81. The van der Waals surface area contributed by atoms with Crippen LogP contribution in [0.1, 0.15) is 0 Å². The zero-order chi connectivity index (χ0) is 26.8. The fraction of sp³-hybridized carbons (Fsp3) is 0.200. The third-order valence-electron chi connectivity index (χ3n) is 5.32. The summed E-state index contributed by atoms with van der Waals surface area (Å²) in [4.78, 5) is 21.5. The van der Waals surface area contributed by atoms with Crippen LogP contribution in [0.25, 0.3) is 33.4 Å². The molecule has 8 nitrogen and oxygen atoms in total. The van der Waals surface area contributed by atoms with E-state index in [-0.39, 0.29) is 10.6 Å². The van der Waals surface area contributed by atoms with E-state index in [9.17, 15) is 23.3 Å². The van der Waals surface area contributed by atoms with Crippen molar-refractivity contribution < 1.29 is 32.4 Å². The number of hydrogen-bond donors (Lipinski definition) is 0. The zero-order valence-corrected chi connectivity index (χ0v) is 19.8. The van der Waals surface area contributed by atoms with Gasteiger partial charge in [-0.3, -0.25) is 10.1 Å². The number of aliphatic carboxylic acids is 1. The molecule has 0 bridgehead atoms. The third kappa shape index (κ3) is 5.62. The summed E-state index contributed by atoms with van der Waals surface area (Å²) in [5.41, 5.74) is 4.78. The molecule has 11 heteroatoms. The Morgan fingerprint density at radius 1 is 0.972 bits per heavy atom. The van der Waals surface area contributed by atoms with Crippen molar-refractivity contribution in [2.45, 2.75) is 6.18 Å². The van der Waals surface area contributed by atoms with Crippen molar-refractivity contribution in [1.29, 1.82) is 0 Å². The first-order chi connectivity index (χ1) is 16.8. The summed E-state index contributed by atoms with van der Waals surface area (Å²) in [7, 11) is 7.96. The molecule has 0 amide bonds. The van der Waals surface area contributed by atoms with E-state index < -0.39 is 12.1 Å². The SMILES string of the molecule is CN(C)c1ccc2c(-c3ccc([N+](=O)[O-])cc3)c3ccc(=[N+](C)C)cc-3oc2c1.O=C([O-])C(F)(F)F. The molecule has 36 heavy (non-hydrogen) atoms. The first-order valence-electron chi connectivity index (χ1n) is 10.5. The number of carbonyl (C=O) groups excluding carboxylic acids is 1. The van der Waals surface area contributed by atoms with Crippen LogP contribution in [0.3, 0.4) is 0 Å². The fourth-order valence-corrected chi connectivity index (χ4v) is 3.48. The molecule has 0 fully saturated rings. The molecular formula is C25H22F3N3O5. The van der Waals surface area contributed by atoms with Crippen molar-refractivity contribution in [2.24, 2.45) is 0 Å². The second-order valence-corrected chi connectivity index (χ2v) is 8.22. The standard InChI is InChI=1S/C23H22N3O3.C2HF3O2/c1-24(2)17-9-11-19-21(13-17)29-22-14-18(25(3)4)10-12-20(22)23(19)15-5-7-16(8-6-15)26(27)28;3-2(4,5)1(6)7/h5-14H,1-4H3;(H,6,7)/q+1;/p-1. The Balaban J connectivity index is 0.000000454. The molecule has 0 saturated heterocycles. The van der Waals surface area contributed by atoms with Gasteiger partial charge in [0.15, 0.2) is 0 Å². The molecule has 0 atom stereocenters. The summed E-state index contributed by atoms with van der Waals surface area (Å²) in [5.74, 6) is -2.24. The summed E-state index contributed by atoms with van der Waals surface area (Å²) >= 11 is 0. The molecule has 0 radical (unpaired) electrons. The van der Waals surface area contributed by atoms with Crippen LogP contribution in [0, 0.1) is 10.1 Å². The van der Waals surface area contributed by atoms with E-state index in [4.69, 9.17) is 14.3 Å². The number of benzene rings is 3. The number of hydrogen-bond acceptors (Lipinski definition) is 6. The molecular weight excluding hydrogens is 479 g/mol. The summed E-state index contributed by atoms with van der Waals surface area (Å²) in [6, 6.07) is 18.9. The highest BCUT2D eigenvalue weighted by atomic mass is 19.4. The van der Waals surface area contributed by atoms with E-state index in [0.717, 1.165) is 44.5 Å². The number of carboxylic acids is 1. The molecule has 2 aliphatic rings. The molecule has 2 aromatic carbocycles. The van der Waals surface area contributed by atoms with Gasteiger partial charge >= 0.3 is 6.18 Å². The van der Waals surface area contributed by atoms with Gasteiger partial charge in [-0.25, -0.2) is 4.58 Å². The highest BCUT2D eigenvalue weighted by Crippen LogP contribution is 2.41. The first-order valence-corrected chi connectivity index (χ1v) is 10.5. The molecule has 1 aliphatic carbocycles. The van der Waals surface area contributed by atoms with Gasteiger partial charge in [0.2, 0.25) is 5.36 Å². The Kier molecular flexibility index (Phi) is 7.32. The zero-order valence-electron chi connectivity index (χ0n) is 19.8. The van der Waals surface area contributed by atoms with E-state index in [1.54, 1.807) is 24.3 Å². The molecule has 0 saturated carbocycles. The van der Waals surface area contributed by atoms with E-state index in [0.29, 0.717) is 0 Å². The van der Waals surface area contributed by atoms with E-state index >= 15 is 0 Å². The highest BCUT2D eigenvalue weighted by Gasteiger charge is 2.28. The van der Waals surface area contributed by atoms with Crippen molar-refractivity contribution in [1.82, 2.24) is 4.58 Å². The van der Waals surface area contributed by atoms with Crippen molar-refractivity contribution in [3.05, 3.63) is 76.1 Å². The Morgan fingerprint density at radius 3 is 2.08 bits per heavy atom. The van der Waals surface area contributed by atoms with Crippen LogP contribution in [0.2, 0.25) is 0 Å². The van der Waals surface area contributed by atoms with Gasteiger partial charge in [-0.1, -0.05) is 0 Å². The minimum Gasteiger partial charge on any atom is -0.542 e. The number of carbonyl (C=O) groups is 1. The number of nitrogens with zero attached hydrogens (tertiary/aromatic N) is 3. The number of fused-ring (bicyclic) bond motifs is 2. The van der Waals surface area contributed by atoms with Crippen molar-refractivity contribution in [2.75, 3.05) is 33.1 Å². The number of non-ortho nitro benzene ring substituents is 1. The minimum absolute atomic E-state index is 0.0766. The Bertz CT molecular complexity index is 1470. The third-order valence-corrected chi connectivity index (χ3v) is 5.32. The van der Waals surface area contributed by atoms with Crippen molar-refractivity contribution >= 4 is 28.3 Å². The lowest BCUT2D eigenvalue weighted by Gasteiger charge is -2.17. The smallest absolute Gasteiger partial charge is 0.430 e. The maximum absolute atomic E-state index is 11.1. The minimum atomic E-state index is -5.19. The predicted octanol–water partition coefficient (Wildman–Crippen LogP) is 3.51. The van der Waals surface area contributed by atoms with E-state index in [1.165, 1.54) is 0 Å². The van der Waals surface area contributed by atoms with Crippen LogP contribution in [0.15, 0.2) is 65.1 Å². The topological polar surface area (TPSA) is 103 Å². The van der Waals surface area contributed by atoms with Gasteiger partial charge in [0.25, 0.3) is 5.69 Å². The predicted molar refractivity (Wildman–Crippen MR) is 127 cm³/mol. The number of carboxylic acid groups (broad SMARTS) is 1. The normalized spacial score (nSPS) is 11.1. The molecule has 0 unspecified atom stereocenters. The molecule has 2 aromatic rings. The quantitative estimate of drug-likeness (QED) is 0.184. The fourth-order valence-electron chi connectivity index (χ4n) is 3.48. The van der Waals surface area contributed by atoms with Crippen LogP contribution < -0.4 is 19.9 Å². The lowest BCUT2D eigenvalue weighted by atomic mass is 9.93. The Morgan fingerprint density at radius 2 is 1.58 bits per heavy atom. The first kappa shape index (κ1) is 26.2. The lowest BCUT2D eigenvalue weighted by Crippen LogP contribution is -2.37. The van der Waals surface area contributed by atoms with Crippen LogP contribution in [-0.4, -0.2) is 45.3 Å². The molecule has 0 aromatic heterocycles. The summed E-state index contributed by atoms with van der Waals surface area (Å²) in [6.45, 7) is 0. The van der Waals surface area contributed by atoms with Gasteiger partial charge in [-0.15, -0.1) is 0 Å². The summed E-state index contributed by atoms with van der Waals surface area (Å²) < 4.78 is 39.9. The van der Waals surface area contributed by atoms with Gasteiger partial charge in [0, 0.05) is 60.6 Å². The van der Waals surface area contributed by atoms with E-state index in [2.05, 4.69) is 0 Å².